The topological polar surface area (TPSA) is 29.5 Å². The molecule has 1 aliphatic rings. The van der Waals surface area contributed by atoms with Crippen molar-refractivity contribution in [2.24, 2.45) is 0 Å². The SMILES string of the molecule is CC(Cl)OC(=O)N1CC=CCC1. The van der Waals surface area contributed by atoms with Crippen LogP contribution in [-0.4, -0.2) is 29.6 Å². The number of alkyl halides is 1. The average Bonchev–Trinajstić information content (AvgIpc) is 2.05. The lowest BCUT2D eigenvalue weighted by molar-refractivity contribution is 0.0990. The quantitative estimate of drug-likeness (QED) is 0.466. The lowest BCUT2D eigenvalue weighted by Gasteiger charge is -2.23. The Hall–Kier alpha value is -0.700. The highest BCUT2D eigenvalue weighted by Crippen LogP contribution is 2.06. The van der Waals surface area contributed by atoms with Gasteiger partial charge in [0.05, 0.1) is 0 Å². The van der Waals surface area contributed by atoms with Crippen LogP contribution in [0.5, 0.6) is 0 Å². The Morgan fingerprint density at radius 3 is 2.92 bits per heavy atom. The van der Waals surface area contributed by atoms with Crippen LogP contribution >= 0.6 is 11.6 Å². The molecule has 68 valence electrons. The standard InChI is InChI=1S/C8H12ClNO2/c1-7(9)12-8(11)10-5-3-2-4-6-10/h2-3,7H,4-6H2,1H3. The summed E-state index contributed by atoms with van der Waals surface area (Å²) in [7, 11) is 0. The zero-order valence-corrected chi connectivity index (χ0v) is 7.75. The van der Waals surface area contributed by atoms with Crippen molar-refractivity contribution in [2.45, 2.75) is 18.9 Å². The van der Waals surface area contributed by atoms with Gasteiger partial charge in [-0.2, -0.15) is 0 Å². The van der Waals surface area contributed by atoms with Crippen molar-refractivity contribution in [2.75, 3.05) is 13.1 Å². The highest BCUT2D eigenvalue weighted by atomic mass is 35.5. The number of carbonyl (C=O) groups is 1. The fourth-order valence-corrected chi connectivity index (χ4v) is 1.10. The molecule has 0 N–H and O–H groups in total. The molecular weight excluding hydrogens is 178 g/mol. The van der Waals surface area contributed by atoms with Gasteiger partial charge in [-0.15, -0.1) is 0 Å². The molecule has 1 heterocycles. The van der Waals surface area contributed by atoms with Crippen LogP contribution < -0.4 is 0 Å². The van der Waals surface area contributed by atoms with Crippen molar-refractivity contribution < 1.29 is 9.53 Å². The maximum absolute atomic E-state index is 11.2. The van der Waals surface area contributed by atoms with Gasteiger partial charge in [-0.05, 0) is 13.3 Å². The zero-order chi connectivity index (χ0) is 8.97. The monoisotopic (exact) mass is 189 g/mol. The van der Waals surface area contributed by atoms with Crippen LogP contribution in [0, 0.1) is 0 Å². The first-order valence-electron chi connectivity index (χ1n) is 3.95. The number of rotatable bonds is 1. The summed E-state index contributed by atoms with van der Waals surface area (Å²) in [4.78, 5) is 12.8. The van der Waals surface area contributed by atoms with E-state index in [0.29, 0.717) is 6.54 Å². The summed E-state index contributed by atoms with van der Waals surface area (Å²) in [5.74, 6) is 0. The fourth-order valence-electron chi connectivity index (χ4n) is 1.02. The minimum Gasteiger partial charge on any atom is -0.430 e. The van der Waals surface area contributed by atoms with Gasteiger partial charge in [-0.1, -0.05) is 23.8 Å². The highest BCUT2D eigenvalue weighted by molar-refractivity contribution is 6.19. The predicted octanol–water partition coefficient (Wildman–Crippen LogP) is 1.97. The molecule has 1 unspecified atom stereocenters. The van der Waals surface area contributed by atoms with Crippen LogP contribution in [0.4, 0.5) is 4.79 Å². The highest BCUT2D eigenvalue weighted by Gasteiger charge is 2.16. The van der Waals surface area contributed by atoms with Gasteiger partial charge in [0, 0.05) is 13.1 Å². The number of amides is 1. The minimum atomic E-state index is -0.552. The molecule has 0 spiro atoms. The van der Waals surface area contributed by atoms with Crippen LogP contribution in [0.15, 0.2) is 12.2 Å². The van der Waals surface area contributed by atoms with E-state index in [-0.39, 0.29) is 6.09 Å². The first kappa shape index (κ1) is 9.39. The smallest absolute Gasteiger partial charge is 0.411 e. The molecule has 0 aromatic carbocycles. The van der Waals surface area contributed by atoms with E-state index in [1.807, 2.05) is 12.2 Å². The third kappa shape index (κ3) is 2.74. The molecule has 0 radical (unpaired) electrons. The van der Waals surface area contributed by atoms with Crippen molar-refractivity contribution in [1.82, 2.24) is 4.90 Å². The molecule has 1 amide bonds. The number of ether oxygens (including phenoxy) is 1. The van der Waals surface area contributed by atoms with Crippen LogP contribution in [0.25, 0.3) is 0 Å². The second kappa shape index (κ2) is 4.36. The second-order valence-electron chi connectivity index (χ2n) is 2.63. The number of hydrogen-bond acceptors (Lipinski definition) is 2. The maximum Gasteiger partial charge on any atom is 0.411 e. The molecule has 0 aromatic rings. The van der Waals surface area contributed by atoms with Gasteiger partial charge >= 0.3 is 6.09 Å². The number of hydrogen-bond donors (Lipinski definition) is 0. The number of halogens is 1. The van der Waals surface area contributed by atoms with E-state index in [2.05, 4.69) is 0 Å². The van der Waals surface area contributed by atoms with E-state index in [9.17, 15) is 4.79 Å². The maximum atomic E-state index is 11.2. The molecule has 0 saturated carbocycles. The molecule has 1 aliphatic heterocycles. The van der Waals surface area contributed by atoms with Gasteiger partial charge in [-0.3, -0.25) is 0 Å². The normalized spacial score (nSPS) is 19.0. The Bertz CT molecular complexity index is 191. The van der Waals surface area contributed by atoms with Gasteiger partial charge in [0.25, 0.3) is 0 Å². The lowest BCUT2D eigenvalue weighted by Crippen LogP contribution is -2.35. The van der Waals surface area contributed by atoms with E-state index < -0.39 is 5.56 Å². The molecule has 12 heavy (non-hydrogen) atoms. The summed E-state index contributed by atoms with van der Waals surface area (Å²) in [6.07, 6.45) is 4.56. The third-order valence-electron chi connectivity index (χ3n) is 1.58. The van der Waals surface area contributed by atoms with Crippen molar-refractivity contribution in [3.8, 4) is 0 Å². The van der Waals surface area contributed by atoms with Crippen LogP contribution in [-0.2, 0) is 4.74 Å². The molecule has 0 bridgehead atoms. The summed E-state index contributed by atoms with van der Waals surface area (Å²) < 4.78 is 4.81. The Labute approximate surface area is 76.9 Å². The molecule has 4 heteroatoms. The third-order valence-corrected chi connectivity index (χ3v) is 1.67. The molecule has 0 aliphatic carbocycles. The van der Waals surface area contributed by atoms with E-state index in [0.717, 1.165) is 13.0 Å². The molecular formula is C8H12ClNO2. The van der Waals surface area contributed by atoms with E-state index >= 15 is 0 Å². The summed E-state index contributed by atoms with van der Waals surface area (Å²) in [5.41, 5.74) is -0.552. The first-order chi connectivity index (χ1) is 5.70. The molecule has 0 fully saturated rings. The van der Waals surface area contributed by atoms with Crippen LogP contribution in [0.1, 0.15) is 13.3 Å². The lowest BCUT2D eigenvalue weighted by atomic mass is 10.3. The minimum absolute atomic E-state index is 0.332. The summed E-state index contributed by atoms with van der Waals surface area (Å²) in [6.45, 7) is 2.97. The Kier molecular flexibility index (Phi) is 3.41. The van der Waals surface area contributed by atoms with Crippen molar-refractivity contribution in [3.63, 3.8) is 0 Å². The van der Waals surface area contributed by atoms with E-state index in [4.69, 9.17) is 16.3 Å². The summed E-state index contributed by atoms with van der Waals surface area (Å²) in [5, 5.41) is 0. The Balaban J connectivity index is 2.36. The fraction of sp³-hybridized carbons (Fsp3) is 0.625. The molecule has 0 aromatic heterocycles. The number of nitrogens with zero attached hydrogens (tertiary/aromatic N) is 1. The Morgan fingerprint density at radius 2 is 2.42 bits per heavy atom. The number of carbonyl (C=O) groups excluding carboxylic acids is 1. The van der Waals surface area contributed by atoms with Crippen molar-refractivity contribution >= 4 is 17.7 Å². The largest absolute Gasteiger partial charge is 0.430 e. The summed E-state index contributed by atoms with van der Waals surface area (Å²) in [6, 6.07) is 0. The van der Waals surface area contributed by atoms with Crippen molar-refractivity contribution in [1.29, 1.82) is 0 Å². The first-order valence-corrected chi connectivity index (χ1v) is 4.38. The van der Waals surface area contributed by atoms with Crippen molar-refractivity contribution in [3.05, 3.63) is 12.2 Å². The van der Waals surface area contributed by atoms with Crippen LogP contribution in [0.2, 0.25) is 0 Å². The van der Waals surface area contributed by atoms with Gasteiger partial charge in [0.15, 0.2) is 5.56 Å². The molecule has 3 nitrogen and oxygen atoms in total. The van der Waals surface area contributed by atoms with E-state index in [1.54, 1.807) is 11.8 Å². The van der Waals surface area contributed by atoms with Crippen LogP contribution in [0.3, 0.4) is 0 Å². The molecule has 0 saturated heterocycles. The van der Waals surface area contributed by atoms with Gasteiger partial charge in [0.2, 0.25) is 0 Å². The average molecular weight is 190 g/mol. The van der Waals surface area contributed by atoms with Gasteiger partial charge in [-0.25, -0.2) is 4.79 Å². The van der Waals surface area contributed by atoms with Gasteiger partial charge in [0.1, 0.15) is 0 Å². The Morgan fingerprint density at radius 1 is 1.67 bits per heavy atom. The summed E-state index contributed by atoms with van der Waals surface area (Å²) >= 11 is 5.50. The molecule has 1 rings (SSSR count). The van der Waals surface area contributed by atoms with E-state index in [1.165, 1.54) is 0 Å². The molecule has 1 atom stereocenters. The second-order valence-corrected chi connectivity index (χ2v) is 3.25. The van der Waals surface area contributed by atoms with Gasteiger partial charge < -0.3 is 9.64 Å². The zero-order valence-electron chi connectivity index (χ0n) is 7.00. The predicted molar refractivity (Wildman–Crippen MR) is 47.1 cm³/mol.